The summed E-state index contributed by atoms with van der Waals surface area (Å²) >= 11 is 1.22. The van der Waals surface area contributed by atoms with Crippen molar-refractivity contribution < 1.29 is 4.79 Å². The van der Waals surface area contributed by atoms with Crippen LogP contribution < -0.4 is 4.87 Å². The van der Waals surface area contributed by atoms with Crippen LogP contribution in [0, 0.1) is 12.8 Å². The molecule has 0 bridgehead atoms. The molecule has 21 heavy (non-hydrogen) atoms. The number of piperidine rings is 1. The van der Waals surface area contributed by atoms with Crippen LogP contribution in [0.4, 0.5) is 0 Å². The molecular formula is C16H24N2O2S. The molecule has 1 saturated carbocycles. The van der Waals surface area contributed by atoms with E-state index < -0.39 is 0 Å². The number of aromatic nitrogens is 1. The van der Waals surface area contributed by atoms with Crippen molar-refractivity contribution in [1.82, 2.24) is 9.47 Å². The van der Waals surface area contributed by atoms with Gasteiger partial charge in [0.25, 0.3) is 0 Å². The lowest BCUT2D eigenvalue weighted by atomic mass is 9.78. The van der Waals surface area contributed by atoms with Crippen LogP contribution in [0.2, 0.25) is 0 Å². The summed E-state index contributed by atoms with van der Waals surface area (Å²) in [6.45, 7) is 3.37. The van der Waals surface area contributed by atoms with Crippen LogP contribution in [0.5, 0.6) is 0 Å². The molecule has 1 aromatic rings. The Hall–Kier alpha value is -1.10. The number of likely N-dealkylation sites (tertiary alicyclic amines) is 1. The van der Waals surface area contributed by atoms with Crippen LogP contribution in [0.25, 0.3) is 0 Å². The summed E-state index contributed by atoms with van der Waals surface area (Å²) in [5, 5.41) is 1.87. The predicted octanol–water partition coefficient (Wildman–Crippen LogP) is 2.79. The first-order valence-electron chi connectivity index (χ1n) is 8.11. The van der Waals surface area contributed by atoms with E-state index in [0.29, 0.717) is 19.0 Å². The number of hydrogen-bond acceptors (Lipinski definition) is 3. The maximum Gasteiger partial charge on any atom is 0.307 e. The molecule has 0 aromatic carbocycles. The van der Waals surface area contributed by atoms with Crippen molar-refractivity contribution in [2.45, 2.75) is 64.5 Å². The van der Waals surface area contributed by atoms with E-state index in [9.17, 15) is 9.59 Å². The fourth-order valence-corrected chi connectivity index (χ4v) is 4.72. The van der Waals surface area contributed by atoms with Crippen LogP contribution in [0.1, 0.15) is 50.6 Å². The highest BCUT2D eigenvalue weighted by atomic mass is 32.1. The minimum absolute atomic E-state index is 0.0505. The van der Waals surface area contributed by atoms with Crippen molar-refractivity contribution in [1.29, 1.82) is 0 Å². The van der Waals surface area contributed by atoms with Crippen molar-refractivity contribution >= 4 is 17.2 Å². The largest absolute Gasteiger partial charge is 0.339 e. The summed E-state index contributed by atoms with van der Waals surface area (Å²) < 4.78 is 1.73. The molecule has 0 N–H and O–H groups in total. The lowest BCUT2D eigenvalue weighted by molar-refractivity contribution is -0.137. The van der Waals surface area contributed by atoms with E-state index in [4.69, 9.17) is 0 Å². The number of thiazole rings is 1. The van der Waals surface area contributed by atoms with Gasteiger partial charge in [0.2, 0.25) is 5.91 Å². The van der Waals surface area contributed by atoms with Gasteiger partial charge in [-0.25, -0.2) is 0 Å². The molecule has 116 valence electrons. The minimum atomic E-state index is 0.0505. The molecule has 2 heterocycles. The third-order valence-corrected chi connectivity index (χ3v) is 5.97. The first-order valence-corrected chi connectivity index (χ1v) is 8.99. The molecule has 0 radical (unpaired) electrons. The lowest BCUT2D eigenvalue weighted by Gasteiger charge is -2.44. The number of hydrogen-bond donors (Lipinski definition) is 0. The zero-order valence-corrected chi connectivity index (χ0v) is 13.5. The summed E-state index contributed by atoms with van der Waals surface area (Å²) in [6, 6.07) is 0.472. The first kappa shape index (κ1) is 14.8. The molecule has 1 aliphatic heterocycles. The van der Waals surface area contributed by atoms with E-state index >= 15 is 0 Å². The fraction of sp³-hybridized carbons (Fsp3) is 0.750. The minimum Gasteiger partial charge on any atom is -0.339 e. The third kappa shape index (κ3) is 3.07. The first-order chi connectivity index (χ1) is 10.2. The fourth-order valence-electron chi connectivity index (χ4n) is 3.96. The van der Waals surface area contributed by atoms with E-state index in [2.05, 4.69) is 4.90 Å². The zero-order valence-electron chi connectivity index (χ0n) is 12.7. The standard InChI is InChI=1S/C16H24N2O2S/c1-12-11-21-16(20)17(12)10-8-15(19)18-9-4-6-13-5-2-3-7-14(13)18/h11,13-14H,2-10H2,1H3. The second-order valence-corrected chi connectivity index (χ2v) is 7.21. The molecule has 2 atom stereocenters. The van der Waals surface area contributed by atoms with Crippen molar-refractivity contribution in [2.24, 2.45) is 5.92 Å². The van der Waals surface area contributed by atoms with Gasteiger partial charge in [0.05, 0.1) is 0 Å². The van der Waals surface area contributed by atoms with Gasteiger partial charge in [0, 0.05) is 36.6 Å². The van der Waals surface area contributed by atoms with Gasteiger partial charge in [-0.05, 0) is 38.5 Å². The molecule has 1 aromatic heterocycles. The summed E-state index contributed by atoms with van der Waals surface area (Å²) in [5.74, 6) is 0.964. The predicted molar refractivity (Wildman–Crippen MR) is 84.6 cm³/mol. The molecule has 1 aliphatic carbocycles. The number of carbonyl (C=O) groups excluding carboxylic acids is 1. The molecule has 2 unspecified atom stereocenters. The second kappa shape index (κ2) is 6.34. The van der Waals surface area contributed by atoms with E-state index in [1.165, 1.54) is 43.4 Å². The molecule has 5 heteroatoms. The summed E-state index contributed by atoms with van der Waals surface area (Å²) in [7, 11) is 0. The van der Waals surface area contributed by atoms with Gasteiger partial charge in [-0.2, -0.15) is 0 Å². The highest BCUT2D eigenvalue weighted by Crippen LogP contribution is 2.35. The number of fused-ring (bicyclic) bond motifs is 1. The molecule has 2 fully saturated rings. The molecular weight excluding hydrogens is 284 g/mol. The quantitative estimate of drug-likeness (QED) is 0.861. The Balaban J connectivity index is 1.63. The Morgan fingerprint density at radius 2 is 2.05 bits per heavy atom. The van der Waals surface area contributed by atoms with Gasteiger partial charge < -0.3 is 9.47 Å². The number of rotatable bonds is 3. The van der Waals surface area contributed by atoms with Gasteiger partial charge in [-0.1, -0.05) is 24.2 Å². The van der Waals surface area contributed by atoms with Gasteiger partial charge in [0.15, 0.2) is 0 Å². The van der Waals surface area contributed by atoms with Gasteiger partial charge in [0.1, 0.15) is 0 Å². The third-order valence-electron chi connectivity index (χ3n) is 5.09. The molecule has 3 rings (SSSR count). The smallest absolute Gasteiger partial charge is 0.307 e. The van der Waals surface area contributed by atoms with Crippen LogP contribution in [-0.2, 0) is 11.3 Å². The Labute approximate surface area is 129 Å². The van der Waals surface area contributed by atoms with E-state index in [0.717, 1.165) is 24.6 Å². The van der Waals surface area contributed by atoms with Crippen LogP contribution in [0.3, 0.4) is 0 Å². The Bertz CT molecular complexity index is 561. The zero-order chi connectivity index (χ0) is 14.8. The van der Waals surface area contributed by atoms with Crippen molar-refractivity contribution in [3.63, 3.8) is 0 Å². The van der Waals surface area contributed by atoms with Gasteiger partial charge >= 0.3 is 4.87 Å². The summed E-state index contributed by atoms with van der Waals surface area (Å²) in [4.78, 5) is 26.5. The van der Waals surface area contributed by atoms with E-state index in [1.807, 2.05) is 12.3 Å². The van der Waals surface area contributed by atoms with Crippen molar-refractivity contribution in [3.05, 3.63) is 20.7 Å². The topological polar surface area (TPSA) is 42.3 Å². The average Bonchev–Trinajstić information content (AvgIpc) is 2.83. The molecule has 2 aliphatic rings. The monoisotopic (exact) mass is 308 g/mol. The maximum absolute atomic E-state index is 12.6. The number of carbonyl (C=O) groups is 1. The maximum atomic E-state index is 12.6. The van der Waals surface area contributed by atoms with Gasteiger partial charge in [-0.15, -0.1) is 0 Å². The van der Waals surface area contributed by atoms with E-state index in [1.54, 1.807) is 4.57 Å². The van der Waals surface area contributed by atoms with Crippen LogP contribution >= 0.6 is 11.3 Å². The van der Waals surface area contributed by atoms with Crippen molar-refractivity contribution in [2.75, 3.05) is 6.54 Å². The summed E-state index contributed by atoms with van der Waals surface area (Å²) in [6.07, 6.45) is 7.94. The summed E-state index contributed by atoms with van der Waals surface area (Å²) in [5.41, 5.74) is 0.965. The normalized spacial score (nSPS) is 25.7. The molecule has 1 saturated heterocycles. The van der Waals surface area contributed by atoms with Gasteiger partial charge in [-0.3, -0.25) is 9.59 Å². The average molecular weight is 308 g/mol. The van der Waals surface area contributed by atoms with Crippen LogP contribution in [-0.4, -0.2) is 28.0 Å². The van der Waals surface area contributed by atoms with E-state index in [-0.39, 0.29) is 10.8 Å². The number of amides is 1. The molecule has 0 spiro atoms. The highest BCUT2D eigenvalue weighted by Gasteiger charge is 2.35. The van der Waals surface area contributed by atoms with Crippen LogP contribution in [0.15, 0.2) is 10.2 Å². The number of aryl methyl sites for hydroxylation is 1. The SMILES string of the molecule is Cc1csc(=O)n1CCC(=O)N1CCCC2CCCCC21. The Morgan fingerprint density at radius 3 is 2.81 bits per heavy atom. The molecule has 1 amide bonds. The van der Waals surface area contributed by atoms with Crippen molar-refractivity contribution in [3.8, 4) is 0 Å². The Kier molecular flexibility index (Phi) is 4.48. The highest BCUT2D eigenvalue weighted by molar-refractivity contribution is 7.07. The molecule has 4 nitrogen and oxygen atoms in total. The Morgan fingerprint density at radius 1 is 1.29 bits per heavy atom. The lowest BCUT2D eigenvalue weighted by Crippen LogP contribution is -2.49. The second-order valence-electron chi connectivity index (χ2n) is 6.39. The number of nitrogens with zero attached hydrogens (tertiary/aromatic N) is 2.